The zero-order valence-corrected chi connectivity index (χ0v) is 7.93. The molecule has 0 aromatic carbocycles. The average Bonchev–Trinajstić information content (AvgIpc) is 2.16. The number of esters is 1. The maximum atomic E-state index is 11.0. The second-order valence-electron chi connectivity index (χ2n) is 2.92. The van der Waals surface area contributed by atoms with Crippen LogP contribution in [0.25, 0.3) is 0 Å². The van der Waals surface area contributed by atoms with Crippen molar-refractivity contribution in [3.05, 3.63) is 23.9 Å². The van der Waals surface area contributed by atoms with Crippen LogP contribution in [0.2, 0.25) is 0 Å². The van der Waals surface area contributed by atoms with E-state index in [4.69, 9.17) is 11.5 Å². The first-order chi connectivity index (χ1) is 6.63. The highest BCUT2D eigenvalue weighted by Crippen LogP contribution is 2.05. The summed E-state index contributed by atoms with van der Waals surface area (Å²) in [5.74, 6) is -0.0139. The predicted molar refractivity (Wildman–Crippen MR) is 52.3 cm³/mol. The molecule has 0 bridgehead atoms. The fourth-order valence-corrected chi connectivity index (χ4v) is 1.11. The zero-order valence-electron chi connectivity index (χ0n) is 7.93. The Kier molecular flexibility index (Phi) is 3.41. The van der Waals surface area contributed by atoms with E-state index in [0.717, 1.165) is 5.56 Å². The van der Waals surface area contributed by atoms with Gasteiger partial charge in [0.25, 0.3) is 0 Å². The van der Waals surface area contributed by atoms with Crippen molar-refractivity contribution in [1.29, 1.82) is 0 Å². The number of anilines is 1. The monoisotopic (exact) mass is 195 g/mol. The van der Waals surface area contributed by atoms with E-state index < -0.39 is 12.0 Å². The maximum Gasteiger partial charge on any atom is 0.322 e. The van der Waals surface area contributed by atoms with E-state index in [1.807, 2.05) is 0 Å². The molecule has 0 unspecified atom stereocenters. The molecular weight excluding hydrogens is 182 g/mol. The second-order valence-corrected chi connectivity index (χ2v) is 2.92. The van der Waals surface area contributed by atoms with Crippen molar-refractivity contribution in [3.8, 4) is 0 Å². The number of pyridine rings is 1. The average molecular weight is 195 g/mol. The van der Waals surface area contributed by atoms with Gasteiger partial charge >= 0.3 is 5.97 Å². The molecule has 76 valence electrons. The predicted octanol–water partition coefficient (Wildman–Crippen LogP) is -0.293. The number of rotatable bonds is 3. The summed E-state index contributed by atoms with van der Waals surface area (Å²) in [5, 5.41) is 0. The molecule has 0 saturated heterocycles. The molecule has 0 aliphatic rings. The van der Waals surface area contributed by atoms with Crippen LogP contribution in [0.15, 0.2) is 18.3 Å². The Morgan fingerprint density at radius 3 is 3.00 bits per heavy atom. The van der Waals surface area contributed by atoms with Gasteiger partial charge in [0.05, 0.1) is 7.11 Å². The van der Waals surface area contributed by atoms with E-state index >= 15 is 0 Å². The van der Waals surface area contributed by atoms with Crippen molar-refractivity contribution < 1.29 is 9.53 Å². The molecule has 1 aromatic heterocycles. The molecule has 1 atom stereocenters. The summed E-state index contributed by atoms with van der Waals surface area (Å²) in [5.41, 5.74) is 11.9. The molecule has 1 aromatic rings. The third-order valence-electron chi connectivity index (χ3n) is 1.81. The Balaban J connectivity index is 2.64. The minimum atomic E-state index is -0.651. The molecule has 0 amide bonds. The molecule has 14 heavy (non-hydrogen) atoms. The molecule has 0 spiro atoms. The van der Waals surface area contributed by atoms with Crippen LogP contribution in [0.3, 0.4) is 0 Å². The summed E-state index contributed by atoms with van der Waals surface area (Å²) < 4.78 is 4.50. The first kappa shape index (κ1) is 10.5. The molecule has 0 saturated carbocycles. The van der Waals surface area contributed by atoms with E-state index in [1.165, 1.54) is 7.11 Å². The highest BCUT2D eigenvalue weighted by atomic mass is 16.5. The second kappa shape index (κ2) is 4.57. The van der Waals surface area contributed by atoms with Crippen molar-refractivity contribution in [2.45, 2.75) is 12.5 Å². The first-order valence-corrected chi connectivity index (χ1v) is 4.17. The third kappa shape index (κ3) is 2.70. The largest absolute Gasteiger partial charge is 0.468 e. The molecule has 5 nitrogen and oxygen atoms in total. The lowest BCUT2D eigenvalue weighted by Gasteiger charge is -2.08. The van der Waals surface area contributed by atoms with Crippen molar-refractivity contribution in [2.24, 2.45) is 5.73 Å². The number of methoxy groups -OCH3 is 1. The van der Waals surface area contributed by atoms with Gasteiger partial charge in [0.1, 0.15) is 11.9 Å². The van der Waals surface area contributed by atoms with Crippen LogP contribution in [0.5, 0.6) is 0 Å². The van der Waals surface area contributed by atoms with Gasteiger partial charge in [-0.1, -0.05) is 0 Å². The highest BCUT2D eigenvalue weighted by Gasteiger charge is 2.13. The fraction of sp³-hybridized carbons (Fsp3) is 0.333. The molecule has 1 rings (SSSR count). The van der Waals surface area contributed by atoms with Crippen molar-refractivity contribution in [1.82, 2.24) is 4.98 Å². The quantitative estimate of drug-likeness (QED) is 0.646. The van der Waals surface area contributed by atoms with Gasteiger partial charge < -0.3 is 16.2 Å². The summed E-state index contributed by atoms with van der Waals surface area (Å²) >= 11 is 0. The molecular formula is C9H13N3O2. The molecule has 0 aliphatic heterocycles. The summed E-state index contributed by atoms with van der Waals surface area (Å²) in [4.78, 5) is 14.8. The lowest BCUT2D eigenvalue weighted by atomic mass is 10.1. The smallest absolute Gasteiger partial charge is 0.322 e. The van der Waals surface area contributed by atoms with E-state index in [9.17, 15) is 4.79 Å². The first-order valence-electron chi connectivity index (χ1n) is 4.17. The fourth-order valence-electron chi connectivity index (χ4n) is 1.11. The highest BCUT2D eigenvalue weighted by molar-refractivity contribution is 5.75. The number of nitrogens with two attached hydrogens (primary N) is 2. The topological polar surface area (TPSA) is 91.2 Å². The van der Waals surface area contributed by atoms with Gasteiger partial charge in [-0.05, 0) is 24.1 Å². The molecule has 0 aliphatic carbocycles. The van der Waals surface area contributed by atoms with Gasteiger partial charge in [-0.3, -0.25) is 4.79 Å². The van der Waals surface area contributed by atoms with Crippen LogP contribution in [0, 0.1) is 0 Å². The minimum Gasteiger partial charge on any atom is -0.468 e. The van der Waals surface area contributed by atoms with Gasteiger partial charge in [0, 0.05) is 6.20 Å². The summed E-state index contributed by atoms with van der Waals surface area (Å²) in [7, 11) is 1.31. The molecule has 5 heteroatoms. The van der Waals surface area contributed by atoms with E-state index in [0.29, 0.717) is 12.2 Å². The lowest BCUT2D eigenvalue weighted by Crippen LogP contribution is -2.33. The number of carbonyl (C=O) groups is 1. The zero-order chi connectivity index (χ0) is 10.6. The Labute approximate surface area is 82.1 Å². The Bertz CT molecular complexity index is 328. The van der Waals surface area contributed by atoms with Crippen LogP contribution < -0.4 is 11.5 Å². The standard InChI is InChI=1S/C9H13N3O2/c1-14-9(13)7(10)4-6-2-3-12-8(11)5-6/h2-3,5,7H,4,10H2,1H3,(H2,11,12)/t7-/m1/s1. The SMILES string of the molecule is COC(=O)[C@H](N)Cc1ccnc(N)c1. The molecule has 1 heterocycles. The molecule has 4 N–H and O–H groups in total. The van der Waals surface area contributed by atoms with Gasteiger partial charge in [-0.25, -0.2) is 4.98 Å². The van der Waals surface area contributed by atoms with Crippen LogP contribution in [0.1, 0.15) is 5.56 Å². The number of hydrogen-bond donors (Lipinski definition) is 2. The summed E-state index contributed by atoms with van der Waals surface area (Å²) in [6.45, 7) is 0. The number of carbonyl (C=O) groups excluding carboxylic acids is 1. The van der Waals surface area contributed by atoms with E-state index in [2.05, 4.69) is 9.72 Å². The number of nitrogens with zero attached hydrogens (tertiary/aromatic N) is 1. The van der Waals surface area contributed by atoms with Gasteiger partial charge in [-0.15, -0.1) is 0 Å². The Morgan fingerprint density at radius 2 is 2.43 bits per heavy atom. The molecule has 0 radical (unpaired) electrons. The summed E-state index contributed by atoms with van der Waals surface area (Å²) in [6, 6.07) is 2.80. The molecule has 0 fully saturated rings. The lowest BCUT2D eigenvalue weighted by molar-refractivity contribution is -0.142. The van der Waals surface area contributed by atoms with Crippen LogP contribution in [0.4, 0.5) is 5.82 Å². The minimum absolute atomic E-state index is 0.402. The van der Waals surface area contributed by atoms with Crippen molar-refractivity contribution in [3.63, 3.8) is 0 Å². The Hall–Kier alpha value is -1.62. The van der Waals surface area contributed by atoms with Crippen LogP contribution in [-0.2, 0) is 16.0 Å². The van der Waals surface area contributed by atoms with Crippen LogP contribution >= 0.6 is 0 Å². The normalized spacial score (nSPS) is 12.1. The van der Waals surface area contributed by atoms with Crippen molar-refractivity contribution in [2.75, 3.05) is 12.8 Å². The Morgan fingerprint density at radius 1 is 1.71 bits per heavy atom. The van der Waals surface area contributed by atoms with Crippen molar-refractivity contribution >= 4 is 11.8 Å². The number of aromatic nitrogens is 1. The number of nitrogen functional groups attached to an aromatic ring is 1. The van der Waals surface area contributed by atoms with E-state index in [-0.39, 0.29) is 0 Å². The van der Waals surface area contributed by atoms with E-state index in [1.54, 1.807) is 18.3 Å². The van der Waals surface area contributed by atoms with Gasteiger partial charge in [-0.2, -0.15) is 0 Å². The van der Waals surface area contributed by atoms with Gasteiger partial charge in [0.2, 0.25) is 0 Å². The third-order valence-corrected chi connectivity index (χ3v) is 1.81. The van der Waals surface area contributed by atoms with Gasteiger partial charge in [0.15, 0.2) is 0 Å². The van der Waals surface area contributed by atoms with Crippen LogP contribution in [-0.4, -0.2) is 24.1 Å². The summed E-state index contributed by atoms with van der Waals surface area (Å²) in [6.07, 6.45) is 1.98. The number of hydrogen-bond acceptors (Lipinski definition) is 5. The number of ether oxygens (including phenoxy) is 1. The maximum absolute atomic E-state index is 11.0.